The lowest BCUT2D eigenvalue weighted by atomic mass is 10.3. The summed E-state index contributed by atoms with van der Waals surface area (Å²) in [5, 5.41) is 22.0. The molecule has 5 nitrogen and oxygen atoms in total. The third-order valence-corrected chi connectivity index (χ3v) is 1.90. The van der Waals surface area contributed by atoms with E-state index in [1.165, 1.54) is 18.2 Å². The molecule has 0 fully saturated rings. The topological polar surface area (TPSA) is 81.6 Å². The quantitative estimate of drug-likeness (QED) is 0.598. The molecule has 0 bridgehead atoms. The summed E-state index contributed by atoms with van der Waals surface area (Å²) in [6.07, 6.45) is 0. The van der Waals surface area contributed by atoms with E-state index in [0.717, 1.165) is 0 Å². The molecule has 0 aliphatic carbocycles. The molecule has 0 aliphatic heterocycles. The first kappa shape index (κ1) is 12.4. The molecule has 0 unspecified atom stereocenters. The molecule has 1 rings (SSSR count). The summed E-state index contributed by atoms with van der Waals surface area (Å²) in [7, 11) is 0. The van der Waals surface area contributed by atoms with Crippen LogP contribution in [0, 0.1) is 5.82 Å². The van der Waals surface area contributed by atoms with Gasteiger partial charge in [-0.2, -0.15) is 0 Å². The van der Waals surface area contributed by atoms with Crippen molar-refractivity contribution in [2.45, 2.75) is 6.04 Å². The van der Waals surface area contributed by atoms with E-state index in [2.05, 4.69) is 10.6 Å². The van der Waals surface area contributed by atoms with Crippen molar-refractivity contribution >= 4 is 11.7 Å². The number of carbonyl (C=O) groups excluding carboxylic acids is 1. The van der Waals surface area contributed by atoms with Gasteiger partial charge in [0.25, 0.3) is 0 Å². The molecule has 16 heavy (non-hydrogen) atoms. The number of benzene rings is 1. The molecule has 0 heterocycles. The lowest BCUT2D eigenvalue weighted by Crippen LogP contribution is -2.42. The zero-order valence-electron chi connectivity index (χ0n) is 8.48. The lowest BCUT2D eigenvalue weighted by molar-refractivity contribution is 0.172. The highest BCUT2D eigenvalue weighted by molar-refractivity contribution is 5.89. The van der Waals surface area contributed by atoms with Gasteiger partial charge in [-0.1, -0.05) is 12.1 Å². The Morgan fingerprint density at radius 2 is 1.94 bits per heavy atom. The Bertz CT molecular complexity index is 356. The van der Waals surface area contributed by atoms with Crippen molar-refractivity contribution in [3.05, 3.63) is 30.1 Å². The number of rotatable bonds is 4. The van der Waals surface area contributed by atoms with Crippen LogP contribution in [0.25, 0.3) is 0 Å². The van der Waals surface area contributed by atoms with Crippen molar-refractivity contribution in [3.8, 4) is 0 Å². The van der Waals surface area contributed by atoms with E-state index < -0.39 is 17.9 Å². The maximum absolute atomic E-state index is 13.1. The van der Waals surface area contributed by atoms with Crippen LogP contribution in [0.4, 0.5) is 14.9 Å². The zero-order chi connectivity index (χ0) is 12.0. The fourth-order valence-corrected chi connectivity index (χ4v) is 1.06. The lowest BCUT2D eigenvalue weighted by Gasteiger charge is -2.14. The Balaban J connectivity index is 2.55. The van der Waals surface area contributed by atoms with Crippen LogP contribution in [-0.4, -0.2) is 35.5 Å². The molecule has 1 aromatic carbocycles. The van der Waals surface area contributed by atoms with Crippen molar-refractivity contribution in [1.29, 1.82) is 0 Å². The highest BCUT2D eigenvalue weighted by Gasteiger charge is 2.11. The predicted octanol–water partition coefficient (Wildman–Crippen LogP) is 0.300. The average Bonchev–Trinajstić information content (AvgIpc) is 2.29. The van der Waals surface area contributed by atoms with Crippen LogP contribution in [0.1, 0.15) is 0 Å². The molecule has 0 aliphatic rings. The van der Waals surface area contributed by atoms with E-state index in [-0.39, 0.29) is 18.9 Å². The summed E-state index contributed by atoms with van der Waals surface area (Å²) in [6.45, 7) is -0.775. The highest BCUT2D eigenvalue weighted by Crippen LogP contribution is 2.11. The molecule has 4 N–H and O–H groups in total. The molecular weight excluding hydrogens is 215 g/mol. The zero-order valence-corrected chi connectivity index (χ0v) is 8.48. The number of aliphatic hydroxyl groups is 2. The number of urea groups is 1. The number of hydrogen-bond acceptors (Lipinski definition) is 3. The molecule has 0 atom stereocenters. The van der Waals surface area contributed by atoms with Gasteiger partial charge in [0.05, 0.1) is 24.9 Å². The Hall–Kier alpha value is -1.66. The Morgan fingerprint density at radius 1 is 1.31 bits per heavy atom. The predicted molar refractivity (Wildman–Crippen MR) is 56.5 cm³/mol. The van der Waals surface area contributed by atoms with Crippen LogP contribution >= 0.6 is 0 Å². The molecule has 6 heteroatoms. The molecule has 0 saturated carbocycles. The average molecular weight is 228 g/mol. The number of hydrogen-bond donors (Lipinski definition) is 4. The second-order valence-electron chi connectivity index (χ2n) is 3.14. The molecule has 2 amide bonds. The Morgan fingerprint density at radius 3 is 2.50 bits per heavy atom. The summed E-state index contributed by atoms with van der Waals surface area (Å²) >= 11 is 0. The van der Waals surface area contributed by atoms with Crippen LogP contribution in [0.15, 0.2) is 24.3 Å². The van der Waals surface area contributed by atoms with Crippen LogP contribution in [0.3, 0.4) is 0 Å². The summed E-state index contributed by atoms with van der Waals surface area (Å²) in [5.41, 5.74) is 0.0367. The van der Waals surface area contributed by atoms with Gasteiger partial charge in [0.1, 0.15) is 5.82 Å². The van der Waals surface area contributed by atoms with E-state index in [1.54, 1.807) is 6.07 Å². The maximum atomic E-state index is 13.1. The fraction of sp³-hybridized carbons (Fsp3) is 0.300. The van der Waals surface area contributed by atoms with Gasteiger partial charge < -0.3 is 20.8 Å². The van der Waals surface area contributed by atoms with Crippen LogP contribution < -0.4 is 10.6 Å². The highest BCUT2D eigenvalue weighted by atomic mass is 19.1. The van der Waals surface area contributed by atoms with Gasteiger partial charge in [-0.25, -0.2) is 9.18 Å². The number of carbonyl (C=O) groups is 1. The Kier molecular flexibility index (Phi) is 4.68. The smallest absolute Gasteiger partial charge is 0.319 e. The van der Waals surface area contributed by atoms with Crippen molar-refractivity contribution in [2.75, 3.05) is 18.5 Å². The van der Waals surface area contributed by atoms with Crippen molar-refractivity contribution in [3.63, 3.8) is 0 Å². The summed E-state index contributed by atoms with van der Waals surface area (Å²) in [6, 6.07) is 4.26. The fourth-order valence-electron chi connectivity index (χ4n) is 1.06. The van der Waals surface area contributed by atoms with E-state index >= 15 is 0 Å². The van der Waals surface area contributed by atoms with E-state index in [9.17, 15) is 9.18 Å². The second-order valence-corrected chi connectivity index (χ2v) is 3.14. The number of amides is 2. The summed E-state index contributed by atoms with van der Waals surface area (Å²) in [4.78, 5) is 11.3. The van der Waals surface area contributed by atoms with Gasteiger partial charge in [0, 0.05) is 0 Å². The normalized spacial score (nSPS) is 10.2. The van der Waals surface area contributed by atoms with Gasteiger partial charge in [-0.05, 0) is 12.1 Å². The molecule has 0 saturated heterocycles. The number of para-hydroxylation sites is 1. The van der Waals surface area contributed by atoms with Gasteiger partial charge in [0.2, 0.25) is 0 Å². The third-order valence-electron chi connectivity index (χ3n) is 1.90. The van der Waals surface area contributed by atoms with Gasteiger partial charge in [-0.3, -0.25) is 0 Å². The Labute approximate surface area is 91.9 Å². The van der Waals surface area contributed by atoms with Crippen molar-refractivity contribution in [2.24, 2.45) is 0 Å². The molecule has 0 aromatic heterocycles. The molecule has 88 valence electrons. The first-order valence-corrected chi connectivity index (χ1v) is 4.71. The standard InChI is InChI=1S/C10H13FN2O3/c11-8-3-1-2-4-9(8)13-10(16)12-7(5-14)6-15/h1-4,7,14-15H,5-6H2,(H2,12,13,16). The minimum absolute atomic E-state index is 0.0367. The largest absolute Gasteiger partial charge is 0.394 e. The monoisotopic (exact) mass is 228 g/mol. The molecule has 1 aromatic rings. The van der Waals surface area contributed by atoms with Crippen LogP contribution in [0.2, 0.25) is 0 Å². The molecule has 0 radical (unpaired) electrons. The van der Waals surface area contributed by atoms with Gasteiger partial charge in [-0.15, -0.1) is 0 Å². The van der Waals surface area contributed by atoms with E-state index in [0.29, 0.717) is 0 Å². The van der Waals surface area contributed by atoms with Gasteiger partial charge in [0.15, 0.2) is 0 Å². The summed E-state index contributed by atoms with van der Waals surface area (Å²) < 4.78 is 13.1. The number of aliphatic hydroxyl groups excluding tert-OH is 2. The van der Waals surface area contributed by atoms with Crippen molar-refractivity contribution < 1.29 is 19.4 Å². The van der Waals surface area contributed by atoms with Crippen LogP contribution in [0.5, 0.6) is 0 Å². The number of halogens is 1. The minimum atomic E-state index is -0.758. The summed E-state index contributed by atoms with van der Waals surface area (Å²) in [5.74, 6) is -0.554. The first-order valence-electron chi connectivity index (χ1n) is 4.71. The minimum Gasteiger partial charge on any atom is -0.394 e. The molecule has 0 spiro atoms. The second kappa shape index (κ2) is 6.04. The SMILES string of the molecule is O=C(Nc1ccccc1F)NC(CO)CO. The van der Waals surface area contributed by atoms with E-state index in [4.69, 9.17) is 10.2 Å². The maximum Gasteiger partial charge on any atom is 0.319 e. The van der Waals surface area contributed by atoms with Gasteiger partial charge >= 0.3 is 6.03 Å². The molecular formula is C10H13FN2O3. The van der Waals surface area contributed by atoms with Crippen LogP contribution in [-0.2, 0) is 0 Å². The third kappa shape index (κ3) is 3.48. The van der Waals surface area contributed by atoms with E-state index in [1.807, 2.05) is 0 Å². The van der Waals surface area contributed by atoms with Crippen molar-refractivity contribution in [1.82, 2.24) is 5.32 Å². The number of nitrogens with one attached hydrogen (secondary N) is 2. The number of anilines is 1. The first-order chi connectivity index (χ1) is 7.67.